The minimum atomic E-state index is -0.0949. The zero-order valence-electron chi connectivity index (χ0n) is 13.0. The van der Waals surface area contributed by atoms with Gasteiger partial charge in [-0.3, -0.25) is 4.79 Å². The van der Waals surface area contributed by atoms with Crippen LogP contribution in [-0.2, 0) is 0 Å². The Morgan fingerprint density at radius 2 is 1.87 bits per heavy atom. The smallest absolute Gasteiger partial charge is 0.251 e. The van der Waals surface area contributed by atoms with Crippen LogP contribution in [-0.4, -0.2) is 26.2 Å². The first-order valence-corrected chi connectivity index (χ1v) is 7.87. The molecule has 1 amide bonds. The molecular weight excluding hydrogens is 314 g/mol. The van der Waals surface area contributed by atoms with E-state index in [1.807, 2.05) is 18.2 Å². The number of nitrogens with one attached hydrogen (secondary N) is 1. The van der Waals surface area contributed by atoms with Gasteiger partial charge in [-0.05, 0) is 55.3 Å². The zero-order chi connectivity index (χ0) is 16.5. The lowest BCUT2D eigenvalue weighted by atomic mass is 10.2. The quantitative estimate of drug-likeness (QED) is 0.744. The fraction of sp³-hybridized carbons (Fsp3) is 0.278. The van der Waals surface area contributed by atoms with Gasteiger partial charge >= 0.3 is 0 Å². The predicted octanol–water partition coefficient (Wildman–Crippen LogP) is 3.94. The molecule has 0 aliphatic heterocycles. The fourth-order valence-electron chi connectivity index (χ4n) is 2.02. The molecular formula is C18H20ClNO3. The molecule has 5 heteroatoms. The van der Waals surface area contributed by atoms with E-state index >= 15 is 0 Å². The molecule has 23 heavy (non-hydrogen) atoms. The van der Waals surface area contributed by atoms with Crippen molar-refractivity contribution in [2.24, 2.45) is 0 Å². The molecule has 122 valence electrons. The molecule has 0 bridgehead atoms. The SMILES string of the molecule is COc1cccc(C(=O)NCCCCOc2ccc(Cl)cc2)c1. The molecule has 1 N–H and O–H groups in total. The molecule has 2 aromatic rings. The van der Waals surface area contributed by atoms with Gasteiger partial charge in [0.15, 0.2) is 0 Å². The normalized spacial score (nSPS) is 10.2. The van der Waals surface area contributed by atoms with Crippen LogP contribution in [0.15, 0.2) is 48.5 Å². The average Bonchev–Trinajstić information content (AvgIpc) is 2.59. The van der Waals surface area contributed by atoms with Crippen LogP contribution >= 0.6 is 11.6 Å². The fourth-order valence-corrected chi connectivity index (χ4v) is 2.14. The Bertz CT molecular complexity index is 628. The Labute approximate surface area is 141 Å². The molecule has 0 heterocycles. The second-order valence-corrected chi connectivity index (χ2v) is 5.43. The predicted molar refractivity (Wildman–Crippen MR) is 91.5 cm³/mol. The number of amides is 1. The number of carbonyl (C=O) groups is 1. The van der Waals surface area contributed by atoms with Gasteiger partial charge in [0.05, 0.1) is 13.7 Å². The number of carbonyl (C=O) groups excluding carboxylic acids is 1. The van der Waals surface area contributed by atoms with Crippen LogP contribution in [0.1, 0.15) is 23.2 Å². The summed E-state index contributed by atoms with van der Waals surface area (Å²) in [6.07, 6.45) is 1.71. The number of unbranched alkanes of at least 4 members (excludes halogenated alkanes) is 1. The first kappa shape index (κ1) is 17.2. The highest BCUT2D eigenvalue weighted by Crippen LogP contribution is 2.15. The molecule has 0 aliphatic rings. The van der Waals surface area contributed by atoms with E-state index in [-0.39, 0.29) is 5.91 Å². The minimum absolute atomic E-state index is 0.0949. The van der Waals surface area contributed by atoms with Crippen LogP contribution in [0.5, 0.6) is 11.5 Å². The lowest BCUT2D eigenvalue weighted by Crippen LogP contribution is -2.24. The number of benzene rings is 2. The van der Waals surface area contributed by atoms with Crippen molar-refractivity contribution in [3.05, 3.63) is 59.1 Å². The van der Waals surface area contributed by atoms with Crippen molar-refractivity contribution >= 4 is 17.5 Å². The molecule has 0 aromatic heterocycles. The Hall–Kier alpha value is -2.20. The van der Waals surface area contributed by atoms with E-state index in [1.165, 1.54) is 0 Å². The summed E-state index contributed by atoms with van der Waals surface area (Å²) in [6, 6.07) is 14.4. The lowest BCUT2D eigenvalue weighted by Gasteiger charge is -2.08. The Kier molecular flexibility index (Phi) is 6.76. The van der Waals surface area contributed by atoms with Gasteiger partial charge in [-0.2, -0.15) is 0 Å². The van der Waals surface area contributed by atoms with Crippen LogP contribution in [0, 0.1) is 0 Å². The largest absolute Gasteiger partial charge is 0.497 e. The Morgan fingerprint density at radius 3 is 2.61 bits per heavy atom. The molecule has 0 saturated carbocycles. The van der Waals surface area contributed by atoms with E-state index in [4.69, 9.17) is 21.1 Å². The molecule has 0 fully saturated rings. The first-order valence-electron chi connectivity index (χ1n) is 7.49. The van der Waals surface area contributed by atoms with Crippen molar-refractivity contribution in [1.82, 2.24) is 5.32 Å². The summed E-state index contributed by atoms with van der Waals surface area (Å²) < 4.78 is 10.7. The third-order valence-electron chi connectivity index (χ3n) is 3.27. The molecule has 0 aliphatic carbocycles. The highest BCUT2D eigenvalue weighted by atomic mass is 35.5. The van der Waals surface area contributed by atoms with Crippen LogP contribution in [0.4, 0.5) is 0 Å². The number of ether oxygens (including phenoxy) is 2. The summed E-state index contributed by atoms with van der Waals surface area (Å²) >= 11 is 5.81. The average molecular weight is 334 g/mol. The van der Waals surface area contributed by atoms with Crippen molar-refractivity contribution in [2.45, 2.75) is 12.8 Å². The molecule has 0 spiro atoms. The Morgan fingerprint density at radius 1 is 1.09 bits per heavy atom. The van der Waals surface area contributed by atoms with Gasteiger partial charge in [0.25, 0.3) is 5.91 Å². The number of rotatable bonds is 8. The first-order chi connectivity index (χ1) is 11.2. The topological polar surface area (TPSA) is 47.6 Å². The maximum atomic E-state index is 12.0. The van der Waals surface area contributed by atoms with E-state index < -0.39 is 0 Å². The van der Waals surface area contributed by atoms with Gasteiger partial charge in [0, 0.05) is 17.1 Å². The van der Waals surface area contributed by atoms with Gasteiger partial charge < -0.3 is 14.8 Å². The standard InChI is InChI=1S/C18H20ClNO3/c1-22-17-6-4-5-14(13-17)18(21)20-11-2-3-12-23-16-9-7-15(19)8-10-16/h4-10,13H,2-3,11-12H2,1H3,(H,20,21). The number of hydrogen-bond donors (Lipinski definition) is 1. The van der Waals surface area contributed by atoms with Crippen LogP contribution in [0.2, 0.25) is 5.02 Å². The van der Waals surface area contributed by atoms with Gasteiger partial charge in [-0.1, -0.05) is 17.7 Å². The van der Waals surface area contributed by atoms with Crippen molar-refractivity contribution in [2.75, 3.05) is 20.3 Å². The molecule has 0 saturated heterocycles. The van der Waals surface area contributed by atoms with E-state index in [1.54, 1.807) is 37.4 Å². The summed E-state index contributed by atoms with van der Waals surface area (Å²) in [7, 11) is 1.58. The second kappa shape index (κ2) is 9.06. The lowest BCUT2D eigenvalue weighted by molar-refractivity contribution is 0.0952. The summed E-state index contributed by atoms with van der Waals surface area (Å²) in [4.78, 5) is 12.0. The van der Waals surface area contributed by atoms with E-state index in [2.05, 4.69) is 5.32 Å². The van der Waals surface area contributed by atoms with Crippen LogP contribution in [0.25, 0.3) is 0 Å². The van der Waals surface area contributed by atoms with Gasteiger partial charge in [0.1, 0.15) is 11.5 Å². The van der Waals surface area contributed by atoms with Crippen molar-refractivity contribution in [1.29, 1.82) is 0 Å². The number of halogens is 1. The minimum Gasteiger partial charge on any atom is -0.497 e. The summed E-state index contributed by atoms with van der Waals surface area (Å²) in [5.41, 5.74) is 0.599. The summed E-state index contributed by atoms with van der Waals surface area (Å²) in [5.74, 6) is 1.38. The number of methoxy groups -OCH3 is 1. The molecule has 0 unspecified atom stereocenters. The highest BCUT2D eigenvalue weighted by Gasteiger charge is 2.05. The van der Waals surface area contributed by atoms with Gasteiger partial charge in [-0.25, -0.2) is 0 Å². The third-order valence-corrected chi connectivity index (χ3v) is 3.52. The maximum absolute atomic E-state index is 12.0. The maximum Gasteiger partial charge on any atom is 0.251 e. The van der Waals surface area contributed by atoms with Crippen molar-refractivity contribution < 1.29 is 14.3 Å². The van der Waals surface area contributed by atoms with Crippen molar-refractivity contribution in [3.63, 3.8) is 0 Å². The Balaban J connectivity index is 1.63. The summed E-state index contributed by atoms with van der Waals surface area (Å²) in [5, 5.41) is 3.58. The molecule has 0 atom stereocenters. The third kappa shape index (κ3) is 5.83. The second-order valence-electron chi connectivity index (χ2n) is 5.00. The van der Waals surface area contributed by atoms with Crippen LogP contribution < -0.4 is 14.8 Å². The summed E-state index contributed by atoms with van der Waals surface area (Å²) in [6.45, 7) is 1.22. The molecule has 2 rings (SSSR count). The molecule has 4 nitrogen and oxygen atoms in total. The molecule has 0 radical (unpaired) electrons. The van der Waals surface area contributed by atoms with Crippen molar-refractivity contribution in [3.8, 4) is 11.5 Å². The van der Waals surface area contributed by atoms with Gasteiger partial charge in [-0.15, -0.1) is 0 Å². The highest BCUT2D eigenvalue weighted by molar-refractivity contribution is 6.30. The monoisotopic (exact) mass is 333 g/mol. The van der Waals surface area contributed by atoms with E-state index in [9.17, 15) is 4.79 Å². The van der Waals surface area contributed by atoms with Crippen LogP contribution in [0.3, 0.4) is 0 Å². The number of hydrogen-bond acceptors (Lipinski definition) is 3. The molecule has 2 aromatic carbocycles. The zero-order valence-corrected chi connectivity index (χ0v) is 13.8. The van der Waals surface area contributed by atoms with E-state index in [0.717, 1.165) is 18.6 Å². The van der Waals surface area contributed by atoms with E-state index in [0.29, 0.717) is 29.5 Å². The van der Waals surface area contributed by atoms with Gasteiger partial charge in [0.2, 0.25) is 0 Å².